The minimum absolute atomic E-state index is 0.0593. The van der Waals surface area contributed by atoms with Gasteiger partial charge in [0.1, 0.15) is 5.69 Å². The lowest BCUT2D eigenvalue weighted by Crippen LogP contribution is -2.31. The van der Waals surface area contributed by atoms with Gasteiger partial charge in [0.2, 0.25) is 0 Å². The highest BCUT2D eigenvalue weighted by Crippen LogP contribution is 2.22. The number of amides is 1. The molecule has 24 heavy (non-hydrogen) atoms. The lowest BCUT2D eigenvalue weighted by molar-refractivity contribution is 0.0983. The van der Waals surface area contributed by atoms with Gasteiger partial charge in [-0.25, -0.2) is 0 Å². The highest BCUT2D eigenvalue weighted by Gasteiger charge is 2.18. The number of nitrogens with one attached hydrogen (secondary N) is 1. The van der Waals surface area contributed by atoms with Gasteiger partial charge in [-0.05, 0) is 44.0 Å². The maximum absolute atomic E-state index is 12.9. The first kappa shape index (κ1) is 16.5. The van der Waals surface area contributed by atoms with Crippen LogP contribution in [-0.2, 0) is 0 Å². The van der Waals surface area contributed by atoms with Crippen LogP contribution < -0.4 is 10.2 Å². The first-order valence-electron chi connectivity index (χ1n) is 8.87. The first-order valence-corrected chi connectivity index (χ1v) is 8.87. The van der Waals surface area contributed by atoms with Crippen LogP contribution in [-0.4, -0.2) is 23.5 Å². The normalized spacial score (nSPS) is 15.0. The van der Waals surface area contributed by atoms with Gasteiger partial charge in [-0.15, -0.1) is 0 Å². The number of carbonyl (C=O) groups excluding carboxylic acids is 1. The zero-order valence-electron chi connectivity index (χ0n) is 14.2. The van der Waals surface area contributed by atoms with Crippen LogP contribution in [0.5, 0.6) is 0 Å². The molecule has 1 aromatic heterocycles. The molecule has 2 aromatic rings. The van der Waals surface area contributed by atoms with Crippen molar-refractivity contribution in [3.05, 3.63) is 54.4 Å². The second-order valence-corrected chi connectivity index (χ2v) is 6.29. The summed E-state index contributed by atoms with van der Waals surface area (Å²) in [6.07, 6.45) is 8.03. The summed E-state index contributed by atoms with van der Waals surface area (Å²) in [6, 6.07) is 14.1. The molecule has 0 spiro atoms. The molecule has 4 nitrogen and oxygen atoms in total. The van der Waals surface area contributed by atoms with E-state index < -0.39 is 0 Å². The van der Waals surface area contributed by atoms with E-state index in [1.165, 1.54) is 32.1 Å². The molecule has 1 aliphatic rings. The Morgan fingerprint density at radius 3 is 2.62 bits per heavy atom. The Kier molecular flexibility index (Phi) is 5.47. The number of aromatic nitrogens is 1. The SMILES string of the molecule is CCN(C(=O)c1cc(NC2CCCCC2)ccn1)c1ccccc1. The van der Waals surface area contributed by atoms with E-state index >= 15 is 0 Å². The van der Waals surface area contributed by atoms with Crippen molar-refractivity contribution in [2.45, 2.75) is 45.1 Å². The Labute approximate surface area is 143 Å². The van der Waals surface area contributed by atoms with E-state index in [2.05, 4.69) is 10.3 Å². The van der Waals surface area contributed by atoms with Crippen molar-refractivity contribution < 1.29 is 4.79 Å². The second kappa shape index (κ2) is 7.95. The number of rotatable bonds is 5. The molecule has 1 aromatic carbocycles. The van der Waals surface area contributed by atoms with E-state index in [0.717, 1.165) is 11.4 Å². The number of para-hydroxylation sites is 1. The summed E-state index contributed by atoms with van der Waals surface area (Å²) in [5.41, 5.74) is 2.38. The van der Waals surface area contributed by atoms with Crippen molar-refractivity contribution in [3.8, 4) is 0 Å². The zero-order valence-corrected chi connectivity index (χ0v) is 14.2. The van der Waals surface area contributed by atoms with Crippen molar-refractivity contribution in [2.24, 2.45) is 0 Å². The molecule has 0 atom stereocenters. The summed E-state index contributed by atoms with van der Waals surface area (Å²) in [4.78, 5) is 18.9. The summed E-state index contributed by atoms with van der Waals surface area (Å²) in [6.45, 7) is 2.60. The number of hydrogen-bond donors (Lipinski definition) is 1. The Hall–Kier alpha value is -2.36. The monoisotopic (exact) mass is 323 g/mol. The third-order valence-electron chi connectivity index (χ3n) is 4.58. The molecule has 0 aliphatic heterocycles. The van der Waals surface area contributed by atoms with Crippen LogP contribution in [0.1, 0.15) is 49.5 Å². The minimum Gasteiger partial charge on any atom is -0.382 e. The number of carbonyl (C=O) groups is 1. The van der Waals surface area contributed by atoms with Crippen LogP contribution in [0, 0.1) is 0 Å². The lowest BCUT2D eigenvalue weighted by atomic mass is 9.95. The van der Waals surface area contributed by atoms with E-state index in [1.807, 2.05) is 49.4 Å². The number of anilines is 2. The molecule has 0 bridgehead atoms. The van der Waals surface area contributed by atoms with Gasteiger partial charge in [0.25, 0.3) is 5.91 Å². The summed E-state index contributed by atoms with van der Waals surface area (Å²) < 4.78 is 0. The second-order valence-electron chi connectivity index (χ2n) is 6.29. The maximum atomic E-state index is 12.9. The van der Waals surface area contributed by atoms with Crippen molar-refractivity contribution in [1.29, 1.82) is 0 Å². The first-order chi connectivity index (χ1) is 11.8. The molecular weight excluding hydrogens is 298 g/mol. The van der Waals surface area contributed by atoms with Crippen molar-refractivity contribution in [2.75, 3.05) is 16.8 Å². The van der Waals surface area contributed by atoms with Gasteiger partial charge in [0.15, 0.2) is 0 Å². The van der Waals surface area contributed by atoms with E-state index in [1.54, 1.807) is 11.1 Å². The van der Waals surface area contributed by atoms with E-state index in [4.69, 9.17) is 0 Å². The van der Waals surface area contributed by atoms with E-state index in [9.17, 15) is 4.79 Å². The standard InChI is InChI=1S/C20H25N3O/c1-2-23(18-11-7-4-8-12-18)20(24)19-15-17(13-14-21-19)22-16-9-5-3-6-10-16/h4,7-8,11-16H,2-3,5-6,9-10H2,1H3,(H,21,22). The topological polar surface area (TPSA) is 45.2 Å². The summed E-state index contributed by atoms with van der Waals surface area (Å²) in [5.74, 6) is -0.0593. The number of hydrogen-bond acceptors (Lipinski definition) is 3. The molecule has 1 N–H and O–H groups in total. The minimum atomic E-state index is -0.0593. The van der Waals surface area contributed by atoms with Gasteiger partial charge in [-0.2, -0.15) is 0 Å². The fourth-order valence-corrected chi connectivity index (χ4v) is 3.31. The molecule has 1 heterocycles. The molecule has 0 unspecified atom stereocenters. The Morgan fingerprint density at radius 2 is 1.92 bits per heavy atom. The third kappa shape index (κ3) is 3.94. The Balaban J connectivity index is 1.75. The largest absolute Gasteiger partial charge is 0.382 e. The number of pyridine rings is 1. The molecule has 1 fully saturated rings. The zero-order chi connectivity index (χ0) is 16.8. The summed E-state index contributed by atoms with van der Waals surface area (Å²) in [5, 5.41) is 3.56. The van der Waals surface area contributed by atoms with Gasteiger partial charge in [0, 0.05) is 30.2 Å². The lowest BCUT2D eigenvalue weighted by Gasteiger charge is -2.24. The van der Waals surface area contributed by atoms with Gasteiger partial charge >= 0.3 is 0 Å². The van der Waals surface area contributed by atoms with E-state index in [-0.39, 0.29) is 5.91 Å². The van der Waals surface area contributed by atoms with Gasteiger partial charge in [0.05, 0.1) is 0 Å². The molecule has 1 saturated carbocycles. The van der Waals surface area contributed by atoms with Crippen molar-refractivity contribution in [3.63, 3.8) is 0 Å². The van der Waals surface area contributed by atoms with Crippen LogP contribution in [0.2, 0.25) is 0 Å². The average Bonchev–Trinajstić information content (AvgIpc) is 2.64. The molecule has 1 amide bonds. The fourth-order valence-electron chi connectivity index (χ4n) is 3.31. The molecule has 0 radical (unpaired) electrons. The van der Waals surface area contributed by atoms with Gasteiger partial charge in [-0.1, -0.05) is 37.5 Å². The van der Waals surface area contributed by atoms with Crippen LogP contribution in [0.3, 0.4) is 0 Å². The average molecular weight is 323 g/mol. The molecule has 4 heteroatoms. The highest BCUT2D eigenvalue weighted by molar-refractivity contribution is 6.05. The number of nitrogens with zero attached hydrogens (tertiary/aromatic N) is 2. The van der Waals surface area contributed by atoms with Crippen LogP contribution in [0.25, 0.3) is 0 Å². The number of benzene rings is 1. The summed E-state index contributed by atoms with van der Waals surface area (Å²) in [7, 11) is 0. The quantitative estimate of drug-likeness (QED) is 0.881. The fraction of sp³-hybridized carbons (Fsp3) is 0.400. The Morgan fingerprint density at radius 1 is 1.17 bits per heavy atom. The van der Waals surface area contributed by atoms with Crippen LogP contribution in [0.15, 0.2) is 48.7 Å². The molecule has 0 saturated heterocycles. The molecule has 126 valence electrons. The predicted octanol–water partition coefficient (Wildman–Crippen LogP) is 4.49. The van der Waals surface area contributed by atoms with E-state index in [0.29, 0.717) is 18.3 Å². The maximum Gasteiger partial charge on any atom is 0.276 e. The highest BCUT2D eigenvalue weighted by atomic mass is 16.2. The van der Waals surface area contributed by atoms with Crippen molar-refractivity contribution in [1.82, 2.24) is 4.98 Å². The predicted molar refractivity (Wildman–Crippen MR) is 98.5 cm³/mol. The smallest absolute Gasteiger partial charge is 0.276 e. The molecule has 1 aliphatic carbocycles. The van der Waals surface area contributed by atoms with Crippen molar-refractivity contribution >= 4 is 17.3 Å². The van der Waals surface area contributed by atoms with Crippen LogP contribution in [0.4, 0.5) is 11.4 Å². The van der Waals surface area contributed by atoms with Crippen LogP contribution >= 0.6 is 0 Å². The van der Waals surface area contributed by atoms with Gasteiger partial charge < -0.3 is 10.2 Å². The molecule has 3 rings (SSSR count). The molecular formula is C20H25N3O. The summed E-state index contributed by atoms with van der Waals surface area (Å²) >= 11 is 0. The third-order valence-corrected chi connectivity index (χ3v) is 4.58. The Bertz CT molecular complexity index is 666. The van der Waals surface area contributed by atoms with Gasteiger partial charge in [-0.3, -0.25) is 9.78 Å².